The Morgan fingerprint density at radius 1 is 1.29 bits per heavy atom. The van der Waals surface area contributed by atoms with Crippen molar-refractivity contribution >= 4 is 23.2 Å². The lowest BCUT2D eigenvalue weighted by Crippen LogP contribution is -2.47. The summed E-state index contributed by atoms with van der Waals surface area (Å²) in [5.74, 6) is -1.81. The molecule has 0 aromatic heterocycles. The molecule has 96 valence electrons. The fourth-order valence-electron chi connectivity index (χ4n) is 1.09. The van der Waals surface area contributed by atoms with Gasteiger partial charge in [0.1, 0.15) is 0 Å². The number of nitrogens with zero attached hydrogens (tertiary/aromatic N) is 1. The predicted molar refractivity (Wildman–Crippen MR) is 62.7 cm³/mol. The lowest BCUT2D eigenvalue weighted by atomic mass is 10.1. The highest BCUT2D eigenvalue weighted by atomic mass is 32.2. The second-order valence-corrected chi connectivity index (χ2v) is 4.03. The van der Waals surface area contributed by atoms with Crippen molar-refractivity contribution in [2.75, 3.05) is 0 Å². The molecule has 0 saturated heterocycles. The maximum Gasteiger partial charge on any atom is 0.304 e. The Balaban J connectivity index is 5.27. The Morgan fingerprint density at radius 2 is 1.71 bits per heavy atom. The molecule has 17 heavy (non-hydrogen) atoms. The van der Waals surface area contributed by atoms with Crippen molar-refractivity contribution in [3.05, 3.63) is 25.3 Å². The zero-order valence-corrected chi connectivity index (χ0v) is 10.5. The summed E-state index contributed by atoms with van der Waals surface area (Å²) in [5, 5.41) is 0. The van der Waals surface area contributed by atoms with Crippen molar-refractivity contribution in [1.29, 1.82) is 0 Å². The molecule has 0 aliphatic carbocycles. The van der Waals surface area contributed by atoms with Crippen LogP contribution in [0.5, 0.6) is 0 Å². The minimum absolute atomic E-state index is 0.362. The van der Waals surface area contributed by atoms with E-state index in [0.717, 1.165) is 12.2 Å². The fraction of sp³-hybridized carbons (Fsp3) is 0.400. The third kappa shape index (κ3) is 4.59. The largest absolute Gasteiger partial charge is 0.304 e. The van der Waals surface area contributed by atoms with E-state index < -0.39 is 29.4 Å². The average molecular weight is 261 g/mol. The zero-order valence-electron chi connectivity index (χ0n) is 9.66. The molecule has 0 rings (SSSR count). The van der Waals surface area contributed by atoms with Crippen LogP contribution in [0.15, 0.2) is 25.3 Å². The molecule has 7 heteroatoms. The molecular formula is C10H15NO5S. The first-order valence-corrected chi connectivity index (χ1v) is 5.78. The van der Waals surface area contributed by atoms with Crippen molar-refractivity contribution in [1.82, 2.24) is 4.90 Å². The average Bonchev–Trinajstić information content (AvgIpc) is 2.26. The van der Waals surface area contributed by atoms with E-state index in [1.165, 1.54) is 0 Å². The van der Waals surface area contributed by atoms with Gasteiger partial charge >= 0.3 is 11.4 Å². The van der Waals surface area contributed by atoms with E-state index in [-0.39, 0.29) is 5.92 Å². The number of carbonyl (C=O) groups excluding carboxylic acids is 2. The first-order valence-electron chi connectivity index (χ1n) is 4.75. The van der Waals surface area contributed by atoms with Gasteiger partial charge in [0.05, 0.1) is 0 Å². The van der Waals surface area contributed by atoms with Crippen LogP contribution in [-0.2, 0) is 25.1 Å². The number of amides is 2. The standard InChI is InChI=1S/C10H15NO5S/c1-5-8(12)11(9(13)6-2)10(7(3)4)16-17(14)15/h5-7,10H,1-2H2,3-4H3,(H,14,15). The Hall–Kier alpha value is -1.31. The van der Waals surface area contributed by atoms with Crippen LogP contribution in [0.4, 0.5) is 0 Å². The first kappa shape index (κ1) is 15.7. The summed E-state index contributed by atoms with van der Waals surface area (Å²) in [4.78, 5) is 23.7. The molecule has 0 aliphatic heterocycles. The molecule has 2 amide bonds. The van der Waals surface area contributed by atoms with Crippen LogP contribution in [0.25, 0.3) is 0 Å². The van der Waals surface area contributed by atoms with Gasteiger partial charge in [-0.15, -0.1) is 0 Å². The van der Waals surface area contributed by atoms with Gasteiger partial charge in [0.2, 0.25) is 0 Å². The van der Waals surface area contributed by atoms with E-state index >= 15 is 0 Å². The molecule has 2 atom stereocenters. The van der Waals surface area contributed by atoms with Gasteiger partial charge in [0, 0.05) is 5.92 Å². The molecule has 0 heterocycles. The summed E-state index contributed by atoms with van der Waals surface area (Å²) in [5.41, 5.74) is 0. The van der Waals surface area contributed by atoms with E-state index in [4.69, 9.17) is 4.55 Å². The van der Waals surface area contributed by atoms with Crippen LogP contribution >= 0.6 is 0 Å². The normalized spacial score (nSPS) is 13.9. The van der Waals surface area contributed by atoms with Crippen molar-refractivity contribution < 1.29 is 22.5 Å². The number of hydrogen-bond donors (Lipinski definition) is 1. The zero-order chi connectivity index (χ0) is 13.6. The predicted octanol–water partition coefficient (Wildman–Crippen LogP) is 0.849. The summed E-state index contributed by atoms with van der Waals surface area (Å²) >= 11 is -2.59. The van der Waals surface area contributed by atoms with Gasteiger partial charge in [0.25, 0.3) is 11.8 Å². The lowest BCUT2D eigenvalue weighted by Gasteiger charge is -2.29. The van der Waals surface area contributed by atoms with E-state index in [1.807, 2.05) is 0 Å². The Labute approximate surface area is 102 Å². The van der Waals surface area contributed by atoms with Crippen molar-refractivity contribution in [2.45, 2.75) is 20.1 Å². The van der Waals surface area contributed by atoms with E-state index in [9.17, 15) is 13.8 Å². The summed E-state index contributed by atoms with van der Waals surface area (Å²) in [6, 6.07) is 0. The maximum absolute atomic E-state index is 11.5. The monoisotopic (exact) mass is 261 g/mol. The molecule has 6 nitrogen and oxygen atoms in total. The first-order chi connectivity index (χ1) is 7.84. The topological polar surface area (TPSA) is 83.9 Å². The molecule has 0 bridgehead atoms. The fourth-order valence-corrected chi connectivity index (χ4v) is 1.57. The van der Waals surface area contributed by atoms with Crippen molar-refractivity contribution in [3.63, 3.8) is 0 Å². The summed E-state index contributed by atoms with van der Waals surface area (Å²) in [6.07, 6.45) is 0.678. The van der Waals surface area contributed by atoms with Gasteiger partial charge < -0.3 is 0 Å². The molecule has 0 saturated carbocycles. The van der Waals surface area contributed by atoms with Crippen molar-refractivity contribution in [3.8, 4) is 0 Å². The highest BCUT2D eigenvalue weighted by molar-refractivity contribution is 7.74. The quantitative estimate of drug-likeness (QED) is 0.435. The highest BCUT2D eigenvalue weighted by Gasteiger charge is 2.31. The minimum Gasteiger partial charge on any atom is -0.284 e. The second kappa shape index (κ2) is 7.10. The highest BCUT2D eigenvalue weighted by Crippen LogP contribution is 2.15. The van der Waals surface area contributed by atoms with Crippen LogP contribution in [0.1, 0.15) is 13.8 Å². The van der Waals surface area contributed by atoms with E-state index in [0.29, 0.717) is 4.90 Å². The van der Waals surface area contributed by atoms with E-state index in [2.05, 4.69) is 17.3 Å². The molecule has 0 spiro atoms. The number of carbonyl (C=O) groups is 2. The Bertz CT molecular complexity index is 333. The second-order valence-electron chi connectivity index (χ2n) is 3.40. The molecule has 2 unspecified atom stereocenters. The maximum atomic E-state index is 11.5. The Morgan fingerprint density at radius 3 is 1.94 bits per heavy atom. The SMILES string of the molecule is C=CC(=O)N(C(=O)C=C)C(OS(=O)O)C(C)C. The van der Waals surface area contributed by atoms with Gasteiger partial charge in [-0.1, -0.05) is 27.0 Å². The molecule has 0 aromatic rings. The molecule has 0 fully saturated rings. The number of imide groups is 1. The minimum atomic E-state index is -2.59. The van der Waals surface area contributed by atoms with Crippen LogP contribution in [0, 0.1) is 5.92 Å². The van der Waals surface area contributed by atoms with Gasteiger partial charge in [-0.3, -0.25) is 14.1 Å². The van der Waals surface area contributed by atoms with Crippen LogP contribution in [0.3, 0.4) is 0 Å². The van der Waals surface area contributed by atoms with E-state index in [1.54, 1.807) is 13.8 Å². The van der Waals surface area contributed by atoms with Gasteiger partial charge in [-0.2, -0.15) is 4.21 Å². The van der Waals surface area contributed by atoms with Gasteiger partial charge in [0.15, 0.2) is 6.23 Å². The molecule has 0 aromatic carbocycles. The van der Waals surface area contributed by atoms with Crippen molar-refractivity contribution in [2.24, 2.45) is 5.92 Å². The van der Waals surface area contributed by atoms with Gasteiger partial charge in [-0.05, 0) is 12.2 Å². The molecular weight excluding hydrogens is 246 g/mol. The van der Waals surface area contributed by atoms with Crippen LogP contribution in [-0.4, -0.2) is 31.7 Å². The summed E-state index contributed by atoms with van der Waals surface area (Å²) < 4.78 is 23.9. The molecule has 0 aliphatic rings. The Kier molecular flexibility index (Phi) is 6.55. The lowest BCUT2D eigenvalue weighted by molar-refractivity contribution is -0.150. The third-order valence-corrected chi connectivity index (χ3v) is 2.19. The number of rotatable bonds is 6. The summed E-state index contributed by atoms with van der Waals surface area (Å²) in [6.45, 7) is 9.77. The van der Waals surface area contributed by atoms with Crippen LogP contribution in [0.2, 0.25) is 0 Å². The van der Waals surface area contributed by atoms with Gasteiger partial charge in [-0.25, -0.2) is 9.08 Å². The molecule has 0 radical (unpaired) electrons. The number of hydrogen-bond acceptors (Lipinski definition) is 4. The summed E-state index contributed by atoms with van der Waals surface area (Å²) in [7, 11) is 0. The third-order valence-electron chi connectivity index (χ3n) is 1.83. The molecule has 1 N–H and O–H groups in total. The smallest absolute Gasteiger partial charge is 0.284 e. The van der Waals surface area contributed by atoms with Crippen LogP contribution < -0.4 is 0 Å².